The van der Waals surface area contributed by atoms with Gasteiger partial charge in [-0.1, -0.05) is 0 Å². The molecular formula is C20H20FN7. The Kier molecular flexibility index (Phi) is 4.45. The van der Waals surface area contributed by atoms with Gasteiger partial charge in [0.15, 0.2) is 11.5 Å². The van der Waals surface area contributed by atoms with Crippen LogP contribution in [0.5, 0.6) is 0 Å². The zero-order chi connectivity index (χ0) is 19.8. The van der Waals surface area contributed by atoms with Crippen molar-refractivity contribution in [1.29, 1.82) is 0 Å². The first kappa shape index (κ1) is 17.9. The van der Waals surface area contributed by atoms with Crippen LogP contribution in [0.15, 0.2) is 30.6 Å². The van der Waals surface area contributed by atoms with Crippen molar-refractivity contribution in [2.75, 3.05) is 18.9 Å². The number of halogens is 1. The summed E-state index contributed by atoms with van der Waals surface area (Å²) in [5.41, 5.74) is 9.95. The van der Waals surface area contributed by atoms with E-state index in [-0.39, 0.29) is 5.69 Å². The molecular weight excluding hydrogens is 357 g/mol. The number of hydrogen-bond acceptors (Lipinski definition) is 4. The highest BCUT2D eigenvalue weighted by atomic mass is 19.1. The van der Waals surface area contributed by atoms with Crippen molar-refractivity contribution >= 4 is 33.6 Å². The summed E-state index contributed by atoms with van der Waals surface area (Å²) in [7, 11) is 3.75. The number of benzene rings is 1. The first-order valence-electron chi connectivity index (χ1n) is 8.98. The summed E-state index contributed by atoms with van der Waals surface area (Å²) < 4.78 is 18.1. The quantitative estimate of drug-likeness (QED) is 0.520. The molecule has 1 aromatic carbocycles. The fourth-order valence-electron chi connectivity index (χ4n) is 3.59. The Morgan fingerprint density at radius 2 is 2.11 bits per heavy atom. The lowest BCUT2D eigenvalue weighted by Crippen LogP contribution is -2.08. The molecule has 3 heterocycles. The minimum Gasteiger partial charge on any atom is -0.371 e. The van der Waals surface area contributed by atoms with E-state index in [2.05, 4.69) is 15.1 Å². The molecule has 0 saturated carbocycles. The first-order valence-corrected chi connectivity index (χ1v) is 8.98. The number of aromatic nitrogens is 4. The van der Waals surface area contributed by atoms with E-state index >= 15 is 0 Å². The largest absolute Gasteiger partial charge is 0.371 e. The van der Waals surface area contributed by atoms with Crippen LogP contribution in [0.1, 0.15) is 6.42 Å². The first-order chi connectivity index (χ1) is 13.6. The molecule has 0 atom stereocenters. The minimum atomic E-state index is -0.436. The van der Waals surface area contributed by atoms with Gasteiger partial charge in [-0.05, 0) is 42.8 Å². The molecule has 8 heteroatoms. The Hall–Kier alpha value is -3.44. The molecule has 0 aliphatic rings. The third-order valence-corrected chi connectivity index (χ3v) is 4.83. The van der Waals surface area contributed by atoms with E-state index in [9.17, 15) is 4.39 Å². The number of rotatable bonds is 5. The zero-order valence-corrected chi connectivity index (χ0v) is 15.7. The van der Waals surface area contributed by atoms with Crippen molar-refractivity contribution in [2.45, 2.75) is 13.0 Å². The van der Waals surface area contributed by atoms with Gasteiger partial charge in [0.2, 0.25) is 0 Å². The second kappa shape index (κ2) is 6.94. The van der Waals surface area contributed by atoms with Crippen molar-refractivity contribution in [3.63, 3.8) is 0 Å². The molecule has 142 valence electrons. The van der Waals surface area contributed by atoms with Gasteiger partial charge in [-0.25, -0.2) is 19.2 Å². The van der Waals surface area contributed by atoms with Gasteiger partial charge in [0.05, 0.1) is 18.4 Å². The van der Waals surface area contributed by atoms with Gasteiger partial charge in [-0.3, -0.25) is 0 Å². The number of nitrogens with two attached hydrogens (primary N) is 1. The summed E-state index contributed by atoms with van der Waals surface area (Å²) in [5.74, 6) is 0.247. The summed E-state index contributed by atoms with van der Waals surface area (Å²) in [6, 6.07) is 6.37. The lowest BCUT2D eigenvalue weighted by molar-refractivity contribution is 0.628. The van der Waals surface area contributed by atoms with Crippen LogP contribution in [-0.4, -0.2) is 32.7 Å². The van der Waals surface area contributed by atoms with Crippen molar-refractivity contribution in [2.24, 2.45) is 12.8 Å². The maximum atomic E-state index is 14.1. The summed E-state index contributed by atoms with van der Waals surface area (Å²) in [6.45, 7) is 8.41. The summed E-state index contributed by atoms with van der Waals surface area (Å²) in [4.78, 5) is 12.6. The minimum absolute atomic E-state index is 0.264. The van der Waals surface area contributed by atoms with Crippen LogP contribution in [0.3, 0.4) is 0 Å². The number of aryl methyl sites for hydroxylation is 2. The average Bonchev–Trinajstić information content (AvgIpc) is 3.25. The third-order valence-electron chi connectivity index (χ3n) is 4.83. The maximum Gasteiger partial charge on any atom is 0.190 e. The van der Waals surface area contributed by atoms with Crippen LogP contribution in [-0.2, 0) is 13.6 Å². The smallest absolute Gasteiger partial charge is 0.190 e. The van der Waals surface area contributed by atoms with E-state index in [0.717, 1.165) is 34.2 Å². The Balaban J connectivity index is 2.09. The molecule has 3 N–H and O–H groups in total. The molecule has 0 saturated heterocycles. The zero-order valence-electron chi connectivity index (χ0n) is 15.7. The maximum absolute atomic E-state index is 14.1. The van der Waals surface area contributed by atoms with Gasteiger partial charge in [-0.15, -0.1) is 0 Å². The van der Waals surface area contributed by atoms with Crippen molar-refractivity contribution in [1.82, 2.24) is 19.1 Å². The van der Waals surface area contributed by atoms with E-state index in [4.69, 9.17) is 17.3 Å². The molecule has 0 bridgehead atoms. The number of fused-ring (bicyclic) bond motifs is 3. The van der Waals surface area contributed by atoms with Crippen molar-refractivity contribution in [3.05, 3.63) is 47.8 Å². The number of pyridine rings is 1. The van der Waals surface area contributed by atoms with Gasteiger partial charge in [0.25, 0.3) is 0 Å². The normalized spacial score (nSPS) is 11.2. The summed E-state index contributed by atoms with van der Waals surface area (Å²) in [5, 5.41) is 4.04. The van der Waals surface area contributed by atoms with Crippen LogP contribution < -0.4 is 11.1 Å². The van der Waals surface area contributed by atoms with Gasteiger partial charge in [-0.2, -0.15) is 0 Å². The van der Waals surface area contributed by atoms with Gasteiger partial charge in [0, 0.05) is 31.7 Å². The van der Waals surface area contributed by atoms with Crippen LogP contribution in [0.25, 0.3) is 38.2 Å². The molecule has 0 aliphatic carbocycles. The molecule has 28 heavy (non-hydrogen) atoms. The summed E-state index contributed by atoms with van der Waals surface area (Å²) >= 11 is 0. The van der Waals surface area contributed by atoms with E-state index < -0.39 is 5.82 Å². The molecule has 3 aromatic heterocycles. The van der Waals surface area contributed by atoms with Gasteiger partial charge < -0.3 is 20.2 Å². The van der Waals surface area contributed by atoms with Gasteiger partial charge >= 0.3 is 0 Å². The van der Waals surface area contributed by atoms with Crippen LogP contribution >= 0.6 is 0 Å². The van der Waals surface area contributed by atoms with Crippen molar-refractivity contribution < 1.29 is 4.39 Å². The van der Waals surface area contributed by atoms with Gasteiger partial charge in [0.1, 0.15) is 17.0 Å². The lowest BCUT2D eigenvalue weighted by Gasteiger charge is -2.11. The molecule has 0 amide bonds. The predicted octanol–water partition coefficient (Wildman–Crippen LogP) is 3.67. The molecule has 7 nitrogen and oxygen atoms in total. The van der Waals surface area contributed by atoms with Crippen molar-refractivity contribution in [3.8, 4) is 11.3 Å². The number of nitrogens with zero attached hydrogens (tertiary/aromatic N) is 5. The number of nitrogens with one attached hydrogen (secondary N) is 1. The standard InChI is InChI=1S/C20H20FN7/c1-23-14-8-12(7-13(21)9-14)16-10-15-18-17(25-11-27(18)3)19(24-2)26-20(15)28(16)6-4-5-22/h7-11H,4-6,22H2,2-3H3,(H,24,26). The fraction of sp³-hybridized carbons (Fsp3) is 0.250. The Bertz CT molecular complexity index is 1230. The molecule has 4 aromatic rings. The van der Waals surface area contributed by atoms with Crippen LogP contribution in [0.4, 0.5) is 15.9 Å². The van der Waals surface area contributed by atoms with E-state index in [1.165, 1.54) is 12.1 Å². The highest BCUT2D eigenvalue weighted by molar-refractivity contribution is 6.07. The second-order valence-electron chi connectivity index (χ2n) is 6.63. The van der Waals surface area contributed by atoms with Crippen LogP contribution in [0, 0.1) is 12.4 Å². The lowest BCUT2D eigenvalue weighted by atomic mass is 10.1. The molecule has 0 radical (unpaired) electrons. The van der Waals surface area contributed by atoms with E-state index in [0.29, 0.717) is 24.5 Å². The third kappa shape index (κ3) is 2.77. The molecule has 0 aliphatic heterocycles. The predicted molar refractivity (Wildman–Crippen MR) is 109 cm³/mol. The Labute approximate surface area is 161 Å². The SMILES string of the molecule is [C-]#[N+]c1cc(F)cc(-c2cc3c4c(ncn4C)c(NC)nc3n2CCCN)c1. The number of imidazole rings is 1. The molecule has 0 unspecified atom stereocenters. The van der Waals surface area contributed by atoms with Crippen LogP contribution in [0.2, 0.25) is 0 Å². The second-order valence-corrected chi connectivity index (χ2v) is 6.63. The monoisotopic (exact) mass is 377 g/mol. The molecule has 4 rings (SSSR count). The fourth-order valence-corrected chi connectivity index (χ4v) is 3.59. The molecule has 0 spiro atoms. The summed E-state index contributed by atoms with van der Waals surface area (Å²) in [6.07, 6.45) is 2.50. The average molecular weight is 377 g/mol. The topological polar surface area (TPSA) is 78.0 Å². The highest BCUT2D eigenvalue weighted by Gasteiger charge is 2.19. The van der Waals surface area contributed by atoms with E-state index in [1.54, 1.807) is 12.4 Å². The Morgan fingerprint density at radius 1 is 1.29 bits per heavy atom. The highest BCUT2D eigenvalue weighted by Crippen LogP contribution is 2.35. The van der Waals surface area contributed by atoms with E-state index in [1.807, 2.05) is 29.3 Å². The number of anilines is 1. The molecule has 0 fully saturated rings. The number of hydrogen-bond donors (Lipinski definition) is 2. The Morgan fingerprint density at radius 3 is 2.82 bits per heavy atom.